The van der Waals surface area contributed by atoms with Crippen LogP contribution < -0.4 is 28.6 Å². The van der Waals surface area contributed by atoms with Crippen LogP contribution in [-0.4, -0.2) is 72.7 Å². The average Bonchev–Trinajstić information content (AvgIpc) is 3.05. The van der Waals surface area contributed by atoms with Crippen molar-refractivity contribution in [3.05, 3.63) is 71.2 Å². The number of hydrogen-bond acceptors (Lipinski definition) is 8. The Balaban J connectivity index is 2.16. The lowest BCUT2D eigenvalue weighted by atomic mass is 10.1. The first kappa shape index (κ1) is 36.3. The van der Waals surface area contributed by atoms with E-state index in [0.717, 1.165) is 9.87 Å². The summed E-state index contributed by atoms with van der Waals surface area (Å²) in [4.78, 5) is 29.1. The lowest BCUT2D eigenvalue weighted by Crippen LogP contribution is -2.52. The van der Waals surface area contributed by atoms with Crippen LogP contribution >= 0.6 is 11.6 Å². The van der Waals surface area contributed by atoms with Crippen LogP contribution in [0.25, 0.3) is 0 Å². The maximum atomic E-state index is 14.4. The standard InChI is InChI=1S/C33H42ClN3O8S/c1-8-27(33(39)35-19-22(2)3)36(20-23-9-12-25(42-4)13-10-23)32(38)21-37(28-17-24(34)11-15-29(28)43-5)46(40,41)26-14-16-30(44-6)31(18-26)45-7/h9-18,22,27H,8,19-21H2,1-7H3,(H,35,39). The van der Waals surface area contributed by atoms with Gasteiger partial charge in [-0.2, -0.15) is 0 Å². The smallest absolute Gasteiger partial charge is 0.265 e. The van der Waals surface area contributed by atoms with E-state index in [-0.39, 0.29) is 51.9 Å². The molecule has 11 nitrogen and oxygen atoms in total. The summed E-state index contributed by atoms with van der Waals surface area (Å²) in [5, 5.41) is 3.14. The van der Waals surface area contributed by atoms with Crippen molar-refractivity contribution in [1.29, 1.82) is 0 Å². The molecule has 1 unspecified atom stereocenters. The van der Waals surface area contributed by atoms with Crippen LogP contribution in [0, 0.1) is 5.92 Å². The predicted molar refractivity (Wildman–Crippen MR) is 178 cm³/mol. The van der Waals surface area contributed by atoms with Gasteiger partial charge in [-0.3, -0.25) is 13.9 Å². The van der Waals surface area contributed by atoms with Gasteiger partial charge < -0.3 is 29.2 Å². The van der Waals surface area contributed by atoms with Crippen molar-refractivity contribution in [2.45, 2.75) is 44.7 Å². The molecule has 0 saturated heterocycles. The Morgan fingerprint density at radius 2 is 1.48 bits per heavy atom. The van der Waals surface area contributed by atoms with Crippen LogP contribution in [0.5, 0.6) is 23.0 Å². The Morgan fingerprint density at radius 3 is 2.04 bits per heavy atom. The second kappa shape index (κ2) is 16.4. The molecule has 46 heavy (non-hydrogen) atoms. The van der Waals surface area contributed by atoms with E-state index in [0.29, 0.717) is 18.0 Å². The number of nitrogens with zero attached hydrogens (tertiary/aromatic N) is 2. The molecule has 0 heterocycles. The lowest BCUT2D eigenvalue weighted by Gasteiger charge is -2.33. The zero-order valence-corrected chi connectivity index (χ0v) is 28.8. The van der Waals surface area contributed by atoms with E-state index in [9.17, 15) is 18.0 Å². The molecule has 2 amide bonds. The zero-order valence-electron chi connectivity index (χ0n) is 27.2. The number of amides is 2. The van der Waals surface area contributed by atoms with Gasteiger partial charge in [-0.05, 0) is 60.4 Å². The molecule has 0 radical (unpaired) electrons. The summed E-state index contributed by atoms with van der Waals surface area (Å²) >= 11 is 6.33. The molecule has 0 aliphatic heterocycles. The number of hydrogen-bond donors (Lipinski definition) is 1. The lowest BCUT2D eigenvalue weighted by molar-refractivity contribution is -0.140. The van der Waals surface area contributed by atoms with Crippen LogP contribution in [0.3, 0.4) is 0 Å². The number of nitrogens with one attached hydrogen (secondary N) is 1. The summed E-state index contributed by atoms with van der Waals surface area (Å²) in [5.74, 6) is 0.536. The third kappa shape index (κ3) is 8.76. The maximum absolute atomic E-state index is 14.4. The Labute approximate surface area is 276 Å². The monoisotopic (exact) mass is 675 g/mol. The largest absolute Gasteiger partial charge is 0.497 e. The first-order valence-corrected chi connectivity index (χ1v) is 16.5. The minimum Gasteiger partial charge on any atom is -0.497 e. The van der Waals surface area contributed by atoms with Crippen molar-refractivity contribution in [2.75, 3.05) is 45.8 Å². The van der Waals surface area contributed by atoms with E-state index in [1.54, 1.807) is 44.4 Å². The Bertz CT molecular complexity index is 1600. The van der Waals surface area contributed by atoms with Gasteiger partial charge in [0.05, 0.1) is 39.0 Å². The highest BCUT2D eigenvalue weighted by molar-refractivity contribution is 7.92. The number of benzene rings is 3. The number of carbonyl (C=O) groups is 2. The summed E-state index contributed by atoms with van der Waals surface area (Å²) in [5.41, 5.74) is 0.763. The zero-order chi connectivity index (χ0) is 34.0. The molecule has 1 atom stereocenters. The summed E-state index contributed by atoms with van der Waals surface area (Å²) in [6.07, 6.45) is 0.286. The van der Waals surface area contributed by atoms with Gasteiger partial charge in [0.2, 0.25) is 11.8 Å². The first-order chi connectivity index (χ1) is 21.9. The number of halogens is 1. The summed E-state index contributed by atoms with van der Waals surface area (Å²) in [6.45, 7) is 5.52. The number of ether oxygens (including phenoxy) is 4. The van der Waals surface area contributed by atoms with Crippen LogP contribution in [-0.2, 0) is 26.2 Å². The highest BCUT2D eigenvalue weighted by atomic mass is 35.5. The third-order valence-electron chi connectivity index (χ3n) is 7.21. The van der Waals surface area contributed by atoms with Gasteiger partial charge in [0, 0.05) is 24.2 Å². The van der Waals surface area contributed by atoms with Crippen LogP contribution in [0.4, 0.5) is 5.69 Å². The van der Waals surface area contributed by atoms with E-state index in [2.05, 4.69) is 5.32 Å². The molecule has 0 fully saturated rings. The molecule has 0 aliphatic carbocycles. The minimum absolute atomic E-state index is 0.0351. The van der Waals surface area contributed by atoms with Crippen LogP contribution in [0.2, 0.25) is 5.02 Å². The van der Waals surface area contributed by atoms with Gasteiger partial charge in [0.25, 0.3) is 10.0 Å². The molecule has 0 aromatic heterocycles. The Hall–Kier alpha value is -4.16. The number of methoxy groups -OCH3 is 4. The fourth-order valence-corrected chi connectivity index (χ4v) is 6.34. The number of sulfonamides is 1. The van der Waals surface area contributed by atoms with E-state index < -0.39 is 28.5 Å². The van der Waals surface area contributed by atoms with Gasteiger partial charge >= 0.3 is 0 Å². The van der Waals surface area contributed by atoms with Gasteiger partial charge in [-0.1, -0.05) is 44.5 Å². The second-order valence-corrected chi connectivity index (χ2v) is 13.1. The quantitative estimate of drug-likeness (QED) is 0.221. The number of rotatable bonds is 16. The van der Waals surface area contributed by atoms with Crippen LogP contribution in [0.15, 0.2) is 65.6 Å². The van der Waals surface area contributed by atoms with Crippen molar-refractivity contribution in [3.63, 3.8) is 0 Å². The molecule has 0 spiro atoms. The summed E-state index contributed by atoms with van der Waals surface area (Å²) in [7, 11) is 1.31. The molecule has 250 valence electrons. The molecule has 0 saturated carbocycles. The molecule has 0 aliphatic rings. The van der Waals surface area contributed by atoms with Gasteiger partial charge in [-0.15, -0.1) is 0 Å². The van der Waals surface area contributed by atoms with Crippen molar-refractivity contribution < 1.29 is 37.0 Å². The highest BCUT2D eigenvalue weighted by Gasteiger charge is 2.35. The van der Waals surface area contributed by atoms with Gasteiger partial charge in [0.1, 0.15) is 24.1 Å². The molecule has 13 heteroatoms. The van der Waals surface area contributed by atoms with Gasteiger partial charge in [-0.25, -0.2) is 8.42 Å². The van der Waals surface area contributed by atoms with E-state index in [1.165, 1.54) is 56.6 Å². The van der Waals surface area contributed by atoms with Crippen molar-refractivity contribution in [3.8, 4) is 23.0 Å². The Kier molecular flexibility index (Phi) is 13.0. The normalized spacial score (nSPS) is 11.8. The highest BCUT2D eigenvalue weighted by Crippen LogP contribution is 2.37. The molecule has 1 N–H and O–H groups in total. The van der Waals surface area contributed by atoms with E-state index in [4.69, 9.17) is 30.5 Å². The summed E-state index contributed by atoms with van der Waals surface area (Å²) < 4.78 is 51.1. The van der Waals surface area contributed by atoms with Crippen molar-refractivity contribution >= 4 is 39.1 Å². The van der Waals surface area contributed by atoms with Crippen molar-refractivity contribution in [2.24, 2.45) is 5.92 Å². The second-order valence-electron chi connectivity index (χ2n) is 10.8. The molecular weight excluding hydrogens is 634 g/mol. The molecule has 3 rings (SSSR count). The molecule has 0 bridgehead atoms. The first-order valence-electron chi connectivity index (χ1n) is 14.7. The molecule has 3 aromatic carbocycles. The van der Waals surface area contributed by atoms with Gasteiger partial charge in [0.15, 0.2) is 11.5 Å². The van der Waals surface area contributed by atoms with Crippen LogP contribution in [0.1, 0.15) is 32.8 Å². The third-order valence-corrected chi connectivity index (χ3v) is 9.20. The SMILES string of the molecule is CCC(C(=O)NCC(C)C)N(Cc1ccc(OC)cc1)C(=O)CN(c1cc(Cl)ccc1OC)S(=O)(=O)c1ccc(OC)c(OC)c1. The van der Waals surface area contributed by atoms with E-state index in [1.807, 2.05) is 13.8 Å². The fourth-order valence-electron chi connectivity index (χ4n) is 4.75. The Morgan fingerprint density at radius 1 is 0.848 bits per heavy atom. The maximum Gasteiger partial charge on any atom is 0.265 e. The minimum atomic E-state index is -4.45. The molecular formula is C33H42ClN3O8S. The summed E-state index contributed by atoms with van der Waals surface area (Å²) in [6, 6.07) is 14.8. The van der Waals surface area contributed by atoms with Crippen molar-refractivity contribution in [1.82, 2.24) is 10.2 Å². The predicted octanol–water partition coefficient (Wildman–Crippen LogP) is 5.15. The fraction of sp³-hybridized carbons (Fsp3) is 0.394. The number of carbonyl (C=O) groups excluding carboxylic acids is 2. The topological polar surface area (TPSA) is 124 Å². The number of anilines is 1. The average molecular weight is 676 g/mol. The van der Waals surface area contributed by atoms with E-state index >= 15 is 0 Å². The molecule has 3 aromatic rings.